The molecule has 4 N–H and O–H groups in total. The normalized spacial score (nSPS) is 21.4. The summed E-state index contributed by atoms with van der Waals surface area (Å²) in [6, 6.07) is 10.4. The second-order valence-electron chi connectivity index (χ2n) is 6.29. The van der Waals surface area contributed by atoms with E-state index >= 15 is 0 Å². The van der Waals surface area contributed by atoms with Gasteiger partial charge < -0.3 is 25.4 Å². The monoisotopic (exact) mass is 344 g/mol. The number of nitrogens with zero attached hydrogens (tertiary/aromatic N) is 1. The number of benzene rings is 1. The van der Waals surface area contributed by atoms with Crippen LogP contribution in [0.4, 0.5) is 0 Å². The van der Waals surface area contributed by atoms with Crippen LogP contribution in [-0.2, 0) is 11.3 Å². The number of nitrogens with one attached hydrogen (secondary N) is 1. The first-order chi connectivity index (χ1) is 12.2. The van der Waals surface area contributed by atoms with Crippen molar-refractivity contribution in [1.29, 1.82) is 0 Å². The molecule has 0 amide bonds. The number of aliphatic hydroxyl groups is 2. The van der Waals surface area contributed by atoms with Crippen LogP contribution in [0.25, 0.3) is 0 Å². The predicted molar refractivity (Wildman–Crippen MR) is 92.9 cm³/mol. The fourth-order valence-corrected chi connectivity index (χ4v) is 3.19. The van der Waals surface area contributed by atoms with Crippen molar-refractivity contribution in [1.82, 2.24) is 10.3 Å². The van der Waals surface area contributed by atoms with Gasteiger partial charge >= 0.3 is 0 Å². The molecule has 2 aromatic rings. The van der Waals surface area contributed by atoms with E-state index in [4.69, 9.17) is 4.74 Å². The number of hydrogen-bond donors (Lipinski definition) is 4. The van der Waals surface area contributed by atoms with E-state index < -0.39 is 6.10 Å². The first kappa shape index (κ1) is 17.8. The number of aromatic nitrogens is 1. The zero-order valence-corrected chi connectivity index (χ0v) is 14.0. The molecule has 1 saturated heterocycles. The van der Waals surface area contributed by atoms with Crippen LogP contribution < -0.4 is 5.32 Å². The van der Waals surface area contributed by atoms with E-state index in [0.29, 0.717) is 24.2 Å². The molecule has 0 saturated carbocycles. The minimum absolute atomic E-state index is 0.0380. The maximum Gasteiger partial charge on any atom is 0.115 e. The van der Waals surface area contributed by atoms with Crippen molar-refractivity contribution < 1.29 is 20.1 Å². The summed E-state index contributed by atoms with van der Waals surface area (Å²) in [6.07, 6.45) is 3.05. The third kappa shape index (κ3) is 4.55. The summed E-state index contributed by atoms with van der Waals surface area (Å²) in [7, 11) is 0. The molecule has 25 heavy (non-hydrogen) atoms. The van der Waals surface area contributed by atoms with Crippen molar-refractivity contribution in [3.63, 3.8) is 0 Å². The molecule has 1 aliphatic heterocycles. The molecular weight excluding hydrogens is 320 g/mol. The van der Waals surface area contributed by atoms with Gasteiger partial charge in [0.1, 0.15) is 5.75 Å². The number of aliphatic hydroxyl groups excluding tert-OH is 2. The lowest BCUT2D eigenvalue weighted by Crippen LogP contribution is -2.30. The van der Waals surface area contributed by atoms with E-state index in [1.807, 2.05) is 18.2 Å². The van der Waals surface area contributed by atoms with Crippen LogP contribution in [0.2, 0.25) is 0 Å². The minimum Gasteiger partial charge on any atom is -0.508 e. The van der Waals surface area contributed by atoms with Crippen LogP contribution in [0, 0.1) is 0 Å². The van der Waals surface area contributed by atoms with Crippen molar-refractivity contribution in [2.75, 3.05) is 13.1 Å². The number of hydrogen-bond acceptors (Lipinski definition) is 6. The topological polar surface area (TPSA) is 94.8 Å². The number of rotatable bonds is 7. The Morgan fingerprint density at radius 3 is 2.88 bits per heavy atom. The summed E-state index contributed by atoms with van der Waals surface area (Å²) in [5, 5.41) is 32.4. The van der Waals surface area contributed by atoms with Gasteiger partial charge in [-0.2, -0.15) is 0 Å². The van der Waals surface area contributed by atoms with Gasteiger partial charge in [0.05, 0.1) is 30.6 Å². The van der Waals surface area contributed by atoms with Gasteiger partial charge in [-0.15, -0.1) is 0 Å². The molecule has 134 valence electrons. The molecule has 0 bridgehead atoms. The SMILES string of the molecule is OCc1cc(O)ccc1C(O)CNCC1CCC(c2ccccn2)O1. The van der Waals surface area contributed by atoms with Crippen LogP contribution in [0.15, 0.2) is 42.6 Å². The minimum atomic E-state index is -0.754. The van der Waals surface area contributed by atoms with Crippen molar-refractivity contribution in [3.05, 3.63) is 59.4 Å². The maximum absolute atomic E-state index is 10.3. The highest BCUT2D eigenvalue weighted by atomic mass is 16.5. The Hall–Kier alpha value is -1.99. The third-order valence-electron chi connectivity index (χ3n) is 4.49. The number of phenols is 1. The Balaban J connectivity index is 1.47. The van der Waals surface area contributed by atoms with Gasteiger partial charge in [-0.05, 0) is 48.2 Å². The highest BCUT2D eigenvalue weighted by molar-refractivity contribution is 5.36. The molecule has 6 nitrogen and oxygen atoms in total. The number of aromatic hydroxyl groups is 1. The van der Waals surface area contributed by atoms with E-state index in [9.17, 15) is 15.3 Å². The second kappa shape index (κ2) is 8.40. The van der Waals surface area contributed by atoms with Gasteiger partial charge in [0.2, 0.25) is 0 Å². The van der Waals surface area contributed by atoms with Crippen LogP contribution in [-0.4, -0.2) is 39.5 Å². The Morgan fingerprint density at radius 2 is 2.12 bits per heavy atom. The summed E-state index contributed by atoms with van der Waals surface area (Å²) >= 11 is 0. The van der Waals surface area contributed by atoms with Gasteiger partial charge in [-0.1, -0.05) is 12.1 Å². The van der Waals surface area contributed by atoms with Crippen molar-refractivity contribution >= 4 is 0 Å². The highest BCUT2D eigenvalue weighted by Crippen LogP contribution is 2.31. The largest absolute Gasteiger partial charge is 0.508 e. The molecule has 1 fully saturated rings. The first-order valence-electron chi connectivity index (χ1n) is 8.55. The van der Waals surface area contributed by atoms with Gasteiger partial charge in [-0.3, -0.25) is 4.98 Å². The first-order valence-corrected chi connectivity index (χ1v) is 8.55. The predicted octanol–water partition coefficient (Wildman–Crippen LogP) is 1.82. The summed E-state index contributed by atoms with van der Waals surface area (Å²) in [4.78, 5) is 4.34. The highest BCUT2D eigenvalue weighted by Gasteiger charge is 2.27. The molecule has 2 heterocycles. The molecule has 0 spiro atoms. The maximum atomic E-state index is 10.3. The van der Waals surface area contributed by atoms with Gasteiger partial charge in [-0.25, -0.2) is 0 Å². The molecule has 0 aliphatic carbocycles. The van der Waals surface area contributed by atoms with E-state index in [1.54, 1.807) is 12.3 Å². The van der Waals surface area contributed by atoms with Crippen molar-refractivity contribution in [2.24, 2.45) is 0 Å². The van der Waals surface area contributed by atoms with Crippen LogP contribution >= 0.6 is 0 Å². The summed E-state index contributed by atoms with van der Waals surface area (Å²) in [5.74, 6) is 0.0767. The molecule has 1 aromatic carbocycles. The average molecular weight is 344 g/mol. The standard InChI is InChI=1S/C19H24N2O4/c22-12-13-9-14(23)4-6-16(13)18(24)11-20-10-15-5-7-19(25-15)17-3-1-2-8-21-17/h1-4,6,8-9,15,18-20,22-24H,5,7,10-12H2. The van der Waals surface area contributed by atoms with E-state index in [1.165, 1.54) is 12.1 Å². The Kier molecular flexibility index (Phi) is 5.99. The molecule has 1 aliphatic rings. The Labute approximate surface area is 147 Å². The fraction of sp³-hybridized carbons (Fsp3) is 0.421. The van der Waals surface area contributed by atoms with Gasteiger partial charge in [0.15, 0.2) is 0 Å². The Bertz CT molecular complexity index is 680. The molecule has 0 radical (unpaired) electrons. The summed E-state index contributed by atoms with van der Waals surface area (Å²) in [6.45, 7) is 0.775. The van der Waals surface area contributed by atoms with E-state index in [-0.39, 0.29) is 24.6 Å². The van der Waals surface area contributed by atoms with Crippen molar-refractivity contribution in [2.45, 2.75) is 37.8 Å². The molecule has 3 rings (SSSR count). The molecule has 3 unspecified atom stereocenters. The van der Waals surface area contributed by atoms with Crippen molar-refractivity contribution in [3.8, 4) is 5.75 Å². The summed E-state index contributed by atoms with van der Waals surface area (Å²) in [5.41, 5.74) is 2.11. The van der Waals surface area contributed by atoms with Crippen LogP contribution in [0.5, 0.6) is 5.75 Å². The van der Waals surface area contributed by atoms with Crippen LogP contribution in [0.1, 0.15) is 41.9 Å². The lowest BCUT2D eigenvalue weighted by atomic mass is 10.0. The van der Waals surface area contributed by atoms with E-state index in [0.717, 1.165) is 18.5 Å². The smallest absolute Gasteiger partial charge is 0.115 e. The number of pyridine rings is 1. The van der Waals surface area contributed by atoms with Gasteiger partial charge in [0, 0.05) is 19.3 Å². The Morgan fingerprint density at radius 1 is 1.24 bits per heavy atom. The molecular formula is C19H24N2O4. The fourth-order valence-electron chi connectivity index (χ4n) is 3.19. The average Bonchev–Trinajstić information content (AvgIpc) is 3.11. The molecule has 3 atom stereocenters. The van der Waals surface area contributed by atoms with E-state index in [2.05, 4.69) is 10.3 Å². The third-order valence-corrected chi connectivity index (χ3v) is 4.49. The zero-order chi connectivity index (χ0) is 17.6. The lowest BCUT2D eigenvalue weighted by Gasteiger charge is -2.18. The quantitative estimate of drug-likeness (QED) is 0.612. The lowest BCUT2D eigenvalue weighted by molar-refractivity contribution is 0.0405. The summed E-state index contributed by atoms with van der Waals surface area (Å²) < 4.78 is 6.02. The number of ether oxygens (including phenoxy) is 1. The molecule has 1 aromatic heterocycles. The zero-order valence-electron chi connectivity index (χ0n) is 14.0. The van der Waals surface area contributed by atoms with Crippen LogP contribution in [0.3, 0.4) is 0 Å². The number of phenolic OH excluding ortho intramolecular Hbond substituents is 1. The second-order valence-corrected chi connectivity index (χ2v) is 6.29. The molecule has 6 heteroatoms. The van der Waals surface area contributed by atoms with Gasteiger partial charge in [0.25, 0.3) is 0 Å².